The highest BCUT2D eigenvalue weighted by Crippen LogP contribution is 2.16. The summed E-state index contributed by atoms with van der Waals surface area (Å²) in [5, 5.41) is 3.40. The van der Waals surface area contributed by atoms with Crippen LogP contribution >= 0.6 is 0 Å². The molecule has 0 aliphatic carbocycles. The van der Waals surface area contributed by atoms with Gasteiger partial charge in [0.25, 0.3) is 0 Å². The fraction of sp³-hybridized carbons (Fsp3) is 0.571. The summed E-state index contributed by atoms with van der Waals surface area (Å²) in [5.74, 6) is -0.176. The van der Waals surface area contributed by atoms with Gasteiger partial charge >= 0.3 is 0 Å². The van der Waals surface area contributed by atoms with Crippen LogP contribution in [-0.4, -0.2) is 19.3 Å². The van der Waals surface area contributed by atoms with Crippen molar-refractivity contribution in [2.24, 2.45) is 0 Å². The van der Waals surface area contributed by atoms with E-state index >= 15 is 0 Å². The first-order chi connectivity index (χ1) is 8.25. The van der Waals surface area contributed by atoms with Gasteiger partial charge in [-0.3, -0.25) is 0 Å². The summed E-state index contributed by atoms with van der Waals surface area (Å²) >= 11 is 0. The van der Waals surface area contributed by atoms with Crippen molar-refractivity contribution in [2.45, 2.75) is 38.3 Å². The monoisotopic (exact) mass is 237 g/mol. The first-order valence-corrected chi connectivity index (χ1v) is 6.36. The van der Waals surface area contributed by atoms with E-state index in [1.165, 1.54) is 18.9 Å². The second kappa shape index (κ2) is 6.12. The highest BCUT2D eigenvalue weighted by Gasteiger charge is 2.15. The second-order valence-electron chi connectivity index (χ2n) is 4.67. The van der Waals surface area contributed by atoms with Gasteiger partial charge in [-0.2, -0.15) is 0 Å². The average Bonchev–Trinajstić information content (AvgIpc) is 2.37. The molecule has 1 saturated heterocycles. The van der Waals surface area contributed by atoms with Crippen LogP contribution in [0.2, 0.25) is 0 Å². The van der Waals surface area contributed by atoms with Gasteiger partial charge < -0.3 is 10.1 Å². The number of nitrogens with one attached hydrogen (secondary N) is 1. The normalized spacial score (nSPS) is 22.4. The van der Waals surface area contributed by atoms with Crippen molar-refractivity contribution >= 4 is 0 Å². The van der Waals surface area contributed by atoms with Crippen molar-refractivity contribution in [1.29, 1.82) is 0 Å². The minimum absolute atomic E-state index is 0.163. The van der Waals surface area contributed by atoms with Crippen LogP contribution in [0, 0.1) is 5.82 Å². The number of hydrogen-bond donors (Lipinski definition) is 1. The molecule has 1 unspecified atom stereocenters. The molecule has 0 saturated carbocycles. The zero-order valence-electron chi connectivity index (χ0n) is 10.3. The third-order valence-electron chi connectivity index (χ3n) is 3.27. The Bertz CT molecular complexity index is 350. The molecule has 1 aliphatic heterocycles. The molecule has 0 aromatic heterocycles. The largest absolute Gasteiger partial charge is 0.377 e. The summed E-state index contributed by atoms with van der Waals surface area (Å²) in [6.45, 7) is 3.77. The van der Waals surface area contributed by atoms with Gasteiger partial charge in [-0.15, -0.1) is 0 Å². The fourth-order valence-corrected chi connectivity index (χ4v) is 2.17. The van der Waals surface area contributed by atoms with E-state index in [1.54, 1.807) is 12.1 Å². The first-order valence-electron chi connectivity index (χ1n) is 6.36. The lowest BCUT2D eigenvalue weighted by atomic mass is 10.1. The minimum atomic E-state index is -0.176. The predicted molar refractivity (Wildman–Crippen MR) is 66.4 cm³/mol. The zero-order valence-corrected chi connectivity index (χ0v) is 10.3. The highest BCUT2D eigenvalue weighted by atomic mass is 19.1. The van der Waals surface area contributed by atoms with Gasteiger partial charge in [0.2, 0.25) is 0 Å². The Balaban J connectivity index is 1.82. The van der Waals surface area contributed by atoms with E-state index < -0.39 is 0 Å². The molecular weight excluding hydrogens is 217 g/mol. The topological polar surface area (TPSA) is 21.3 Å². The van der Waals surface area contributed by atoms with E-state index in [4.69, 9.17) is 4.74 Å². The maximum atomic E-state index is 13.1. The van der Waals surface area contributed by atoms with Crippen molar-refractivity contribution in [1.82, 2.24) is 5.32 Å². The summed E-state index contributed by atoms with van der Waals surface area (Å²) in [5.41, 5.74) is 0.987. The Labute approximate surface area is 102 Å². The summed E-state index contributed by atoms with van der Waals surface area (Å²) in [7, 11) is 0. The molecule has 2 nitrogen and oxygen atoms in total. The number of ether oxygens (including phenoxy) is 1. The molecule has 0 radical (unpaired) electrons. The van der Waals surface area contributed by atoms with Gasteiger partial charge in [-0.1, -0.05) is 12.1 Å². The quantitative estimate of drug-likeness (QED) is 0.869. The maximum absolute atomic E-state index is 13.1. The van der Waals surface area contributed by atoms with Gasteiger partial charge in [-0.25, -0.2) is 4.39 Å². The Morgan fingerprint density at radius 1 is 1.47 bits per heavy atom. The van der Waals surface area contributed by atoms with E-state index in [1.807, 2.05) is 6.07 Å². The molecule has 0 spiro atoms. The summed E-state index contributed by atoms with van der Waals surface area (Å²) in [6.07, 6.45) is 3.87. The van der Waals surface area contributed by atoms with Crippen LogP contribution in [0.1, 0.15) is 37.8 Å². The lowest BCUT2D eigenvalue weighted by Crippen LogP contribution is -2.33. The van der Waals surface area contributed by atoms with Crippen molar-refractivity contribution in [2.75, 3.05) is 13.2 Å². The Hall–Kier alpha value is -0.930. The van der Waals surface area contributed by atoms with E-state index in [0.29, 0.717) is 6.10 Å². The molecule has 2 atom stereocenters. The van der Waals surface area contributed by atoms with Crippen LogP contribution in [0.4, 0.5) is 4.39 Å². The van der Waals surface area contributed by atoms with Crippen molar-refractivity contribution < 1.29 is 9.13 Å². The van der Waals surface area contributed by atoms with Crippen LogP contribution in [0.3, 0.4) is 0 Å². The molecule has 1 heterocycles. The van der Waals surface area contributed by atoms with Gasteiger partial charge in [0.15, 0.2) is 0 Å². The van der Waals surface area contributed by atoms with Crippen LogP contribution in [-0.2, 0) is 4.74 Å². The number of halogens is 1. The second-order valence-corrected chi connectivity index (χ2v) is 4.67. The van der Waals surface area contributed by atoms with E-state index in [9.17, 15) is 4.39 Å². The molecule has 2 rings (SSSR count). The van der Waals surface area contributed by atoms with Crippen molar-refractivity contribution in [3.05, 3.63) is 35.6 Å². The molecule has 1 aromatic rings. The molecule has 17 heavy (non-hydrogen) atoms. The van der Waals surface area contributed by atoms with Gasteiger partial charge in [0, 0.05) is 19.2 Å². The Morgan fingerprint density at radius 3 is 3.06 bits per heavy atom. The molecule has 1 aliphatic rings. The Morgan fingerprint density at radius 2 is 2.35 bits per heavy atom. The summed E-state index contributed by atoms with van der Waals surface area (Å²) < 4.78 is 18.7. The molecule has 0 bridgehead atoms. The molecular formula is C14H20FNO. The third-order valence-corrected chi connectivity index (χ3v) is 3.27. The molecule has 94 valence electrons. The maximum Gasteiger partial charge on any atom is 0.123 e. The van der Waals surface area contributed by atoms with E-state index in [0.717, 1.165) is 25.1 Å². The van der Waals surface area contributed by atoms with Crippen LogP contribution in [0.25, 0.3) is 0 Å². The van der Waals surface area contributed by atoms with Crippen LogP contribution in [0.15, 0.2) is 24.3 Å². The molecule has 1 N–H and O–H groups in total. The molecule has 3 heteroatoms. The lowest BCUT2D eigenvalue weighted by molar-refractivity contribution is 0.0156. The number of hydrogen-bond acceptors (Lipinski definition) is 2. The zero-order chi connectivity index (χ0) is 12.1. The van der Waals surface area contributed by atoms with Gasteiger partial charge in [0.1, 0.15) is 5.82 Å². The summed E-state index contributed by atoms with van der Waals surface area (Å²) in [6, 6.07) is 6.92. The van der Waals surface area contributed by atoms with Crippen molar-refractivity contribution in [3.8, 4) is 0 Å². The lowest BCUT2D eigenvalue weighted by Gasteiger charge is -2.24. The smallest absolute Gasteiger partial charge is 0.123 e. The molecule has 0 amide bonds. The average molecular weight is 237 g/mol. The number of rotatable bonds is 4. The third kappa shape index (κ3) is 3.79. The van der Waals surface area contributed by atoms with Gasteiger partial charge in [0.05, 0.1) is 6.10 Å². The number of benzene rings is 1. The first kappa shape index (κ1) is 12.5. The van der Waals surface area contributed by atoms with Crippen molar-refractivity contribution in [3.63, 3.8) is 0 Å². The predicted octanol–water partition coefficient (Wildman–Crippen LogP) is 3.05. The van der Waals surface area contributed by atoms with Crippen LogP contribution in [0.5, 0.6) is 0 Å². The van der Waals surface area contributed by atoms with Crippen LogP contribution < -0.4 is 5.32 Å². The standard InChI is InChI=1S/C14H20FNO/c1-11(12-5-4-6-13(15)9-12)16-10-14-7-2-3-8-17-14/h4-6,9,11,14,16H,2-3,7-8,10H2,1H3/t11-,14?/m0/s1. The fourth-order valence-electron chi connectivity index (χ4n) is 2.17. The highest BCUT2D eigenvalue weighted by molar-refractivity contribution is 5.19. The van der Waals surface area contributed by atoms with E-state index in [-0.39, 0.29) is 11.9 Å². The minimum Gasteiger partial charge on any atom is -0.377 e. The SMILES string of the molecule is C[C@H](NCC1CCCCO1)c1cccc(F)c1. The Kier molecular flexibility index (Phi) is 4.51. The molecule has 1 fully saturated rings. The van der Waals surface area contributed by atoms with E-state index in [2.05, 4.69) is 12.2 Å². The molecule has 1 aromatic carbocycles. The van der Waals surface area contributed by atoms with Gasteiger partial charge in [-0.05, 0) is 43.9 Å². The summed E-state index contributed by atoms with van der Waals surface area (Å²) in [4.78, 5) is 0.